The van der Waals surface area contributed by atoms with E-state index < -0.39 is 10.0 Å². The van der Waals surface area contributed by atoms with Crippen molar-refractivity contribution in [3.8, 4) is 5.75 Å². The molecule has 0 saturated carbocycles. The fraction of sp³-hybridized carbons (Fsp3) is 0.294. The second-order valence-electron chi connectivity index (χ2n) is 5.10. The van der Waals surface area contributed by atoms with Crippen LogP contribution >= 0.6 is 11.6 Å². The minimum Gasteiger partial charge on any atom is -0.494 e. The minimum absolute atomic E-state index is 0.172. The third kappa shape index (κ3) is 4.70. The lowest BCUT2D eigenvalue weighted by atomic mass is 10.1. The Labute approximate surface area is 142 Å². The number of benzene rings is 2. The van der Waals surface area contributed by atoms with E-state index in [-0.39, 0.29) is 11.4 Å². The zero-order valence-electron chi connectivity index (χ0n) is 13.2. The van der Waals surface area contributed by atoms with Gasteiger partial charge in [-0.05, 0) is 49.6 Å². The number of ether oxygens (including phenoxy) is 1. The SMILES string of the molecule is CCOc1ccccc1CCNS(=O)(=O)c1ccc(C)c(Cl)c1. The summed E-state index contributed by atoms with van der Waals surface area (Å²) in [5, 5.41) is 0.439. The number of sulfonamides is 1. The molecule has 0 unspecified atom stereocenters. The van der Waals surface area contributed by atoms with E-state index in [1.165, 1.54) is 6.07 Å². The van der Waals surface area contributed by atoms with Gasteiger partial charge in [-0.25, -0.2) is 13.1 Å². The van der Waals surface area contributed by atoms with Crippen LogP contribution in [0.1, 0.15) is 18.1 Å². The molecule has 0 bridgehead atoms. The number of aryl methyl sites for hydroxylation is 1. The predicted molar refractivity (Wildman–Crippen MR) is 92.7 cm³/mol. The highest BCUT2D eigenvalue weighted by atomic mass is 35.5. The molecule has 0 aliphatic rings. The maximum Gasteiger partial charge on any atom is 0.240 e. The van der Waals surface area contributed by atoms with Gasteiger partial charge in [-0.1, -0.05) is 35.9 Å². The minimum atomic E-state index is -3.57. The van der Waals surface area contributed by atoms with Crippen molar-refractivity contribution in [2.75, 3.05) is 13.2 Å². The summed E-state index contributed by atoms with van der Waals surface area (Å²) in [4.78, 5) is 0.172. The Kier molecular flexibility index (Phi) is 6.04. The molecule has 0 spiro atoms. The second-order valence-corrected chi connectivity index (χ2v) is 7.27. The molecular weight excluding hydrogens is 334 g/mol. The van der Waals surface area contributed by atoms with Gasteiger partial charge in [0.05, 0.1) is 11.5 Å². The lowest BCUT2D eigenvalue weighted by Gasteiger charge is -2.11. The first-order valence-corrected chi connectivity index (χ1v) is 9.26. The molecule has 0 aliphatic heterocycles. The molecule has 0 heterocycles. The molecule has 4 nitrogen and oxygen atoms in total. The highest BCUT2D eigenvalue weighted by Gasteiger charge is 2.15. The molecule has 0 radical (unpaired) electrons. The van der Waals surface area contributed by atoms with Gasteiger partial charge in [0.15, 0.2) is 0 Å². The molecule has 6 heteroatoms. The third-order valence-corrected chi connectivity index (χ3v) is 5.28. The first kappa shape index (κ1) is 17.8. The lowest BCUT2D eigenvalue weighted by molar-refractivity contribution is 0.336. The van der Waals surface area contributed by atoms with E-state index >= 15 is 0 Å². The van der Waals surface area contributed by atoms with Gasteiger partial charge in [0, 0.05) is 11.6 Å². The van der Waals surface area contributed by atoms with Gasteiger partial charge < -0.3 is 4.74 Å². The van der Waals surface area contributed by atoms with Crippen molar-refractivity contribution in [2.24, 2.45) is 0 Å². The topological polar surface area (TPSA) is 55.4 Å². The molecule has 1 N–H and O–H groups in total. The van der Waals surface area contributed by atoms with Gasteiger partial charge in [0.25, 0.3) is 0 Å². The quantitative estimate of drug-likeness (QED) is 0.827. The average molecular weight is 354 g/mol. The van der Waals surface area contributed by atoms with Crippen LogP contribution in [0.2, 0.25) is 5.02 Å². The normalized spacial score (nSPS) is 11.4. The van der Waals surface area contributed by atoms with Gasteiger partial charge >= 0.3 is 0 Å². The zero-order valence-corrected chi connectivity index (χ0v) is 14.7. The van der Waals surface area contributed by atoms with E-state index in [2.05, 4.69) is 4.72 Å². The number of halogens is 1. The van der Waals surface area contributed by atoms with Crippen molar-refractivity contribution in [3.63, 3.8) is 0 Å². The Morgan fingerprint density at radius 2 is 1.91 bits per heavy atom. The molecule has 0 fully saturated rings. The van der Waals surface area contributed by atoms with Gasteiger partial charge in [0.1, 0.15) is 5.75 Å². The van der Waals surface area contributed by atoms with Crippen LogP contribution in [0.25, 0.3) is 0 Å². The molecule has 0 aliphatic carbocycles. The van der Waals surface area contributed by atoms with Crippen LogP contribution in [0.4, 0.5) is 0 Å². The molecule has 0 aromatic heterocycles. The number of rotatable bonds is 7. The van der Waals surface area contributed by atoms with Gasteiger partial charge in [-0.15, -0.1) is 0 Å². The largest absolute Gasteiger partial charge is 0.494 e. The molecule has 124 valence electrons. The van der Waals surface area contributed by atoms with Crippen LogP contribution in [-0.4, -0.2) is 21.6 Å². The first-order valence-electron chi connectivity index (χ1n) is 7.40. The van der Waals surface area contributed by atoms with Crippen LogP contribution in [0.3, 0.4) is 0 Å². The molecule has 2 aromatic rings. The first-order chi connectivity index (χ1) is 10.9. The smallest absolute Gasteiger partial charge is 0.240 e. The Hall–Kier alpha value is -1.56. The zero-order chi connectivity index (χ0) is 16.9. The van der Waals surface area contributed by atoms with E-state index in [0.717, 1.165) is 16.9 Å². The van der Waals surface area contributed by atoms with Crippen molar-refractivity contribution in [3.05, 3.63) is 58.6 Å². The second kappa shape index (κ2) is 7.81. The summed E-state index contributed by atoms with van der Waals surface area (Å²) in [6, 6.07) is 12.3. The number of hydrogen-bond acceptors (Lipinski definition) is 3. The van der Waals surface area contributed by atoms with Crippen molar-refractivity contribution in [2.45, 2.75) is 25.2 Å². The Morgan fingerprint density at radius 3 is 2.61 bits per heavy atom. The van der Waals surface area contributed by atoms with Crippen LogP contribution < -0.4 is 9.46 Å². The summed E-state index contributed by atoms with van der Waals surface area (Å²) in [5.74, 6) is 0.785. The van der Waals surface area contributed by atoms with E-state index in [9.17, 15) is 8.42 Å². The molecule has 0 atom stereocenters. The van der Waals surface area contributed by atoms with Crippen LogP contribution in [0.5, 0.6) is 5.75 Å². The van der Waals surface area contributed by atoms with E-state index in [0.29, 0.717) is 18.1 Å². The fourth-order valence-corrected chi connectivity index (χ4v) is 3.45. The van der Waals surface area contributed by atoms with Gasteiger partial charge in [0.2, 0.25) is 10.0 Å². The summed E-state index contributed by atoms with van der Waals surface area (Å²) < 4.78 is 32.7. The molecule has 0 saturated heterocycles. The van der Waals surface area contributed by atoms with Crippen LogP contribution in [-0.2, 0) is 16.4 Å². The third-order valence-electron chi connectivity index (χ3n) is 3.41. The van der Waals surface area contributed by atoms with Crippen molar-refractivity contribution in [1.29, 1.82) is 0 Å². The monoisotopic (exact) mass is 353 g/mol. The molecule has 0 amide bonds. The molecule has 2 aromatic carbocycles. The Morgan fingerprint density at radius 1 is 1.17 bits per heavy atom. The Bertz CT molecular complexity index is 775. The maximum atomic E-state index is 12.3. The van der Waals surface area contributed by atoms with Gasteiger partial charge in [-0.2, -0.15) is 0 Å². The van der Waals surface area contributed by atoms with Crippen LogP contribution in [0.15, 0.2) is 47.4 Å². The number of hydrogen-bond donors (Lipinski definition) is 1. The summed E-state index contributed by atoms with van der Waals surface area (Å²) in [6.45, 7) is 4.61. The predicted octanol–water partition coefficient (Wildman–Crippen LogP) is 3.57. The lowest BCUT2D eigenvalue weighted by Crippen LogP contribution is -2.26. The van der Waals surface area contributed by atoms with Crippen molar-refractivity contribution >= 4 is 21.6 Å². The van der Waals surface area contributed by atoms with E-state index in [4.69, 9.17) is 16.3 Å². The average Bonchev–Trinajstić information content (AvgIpc) is 2.52. The highest BCUT2D eigenvalue weighted by molar-refractivity contribution is 7.89. The van der Waals surface area contributed by atoms with Crippen molar-refractivity contribution < 1.29 is 13.2 Å². The Balaban J connectivity index is 2.04. The number of nitrogens with one attached hydrogen (secondary N) is 1. The fourth-order valence-electron chi connectivity index (χ4n) is 2.15. The summed E-state index contributed by atoms with van der Waals surface area (Å²) >= 11 is 6.00. The maximum absolute atomic E-state index is 12.3. The van der Waals surface area contributed by atoms with Crippen LogP contribution in [0, 0.1) is 6.92 Å². The van der Waals surface area contributed by atoms with Gasteiger partial charge in [-0.3, -0.25) is 0 Å². The van der Waals surface area contributed by atoms with E-state index in [1.54, 1.807) is 12.1 Å². The summed E-state index contributed by atoms with van der Waals surface area (Å²) in [6.07, 6.45) is 0.551. The summed E-state index contributed by atoms with van der Waals surface area (Å²) in [7, 11) is -3.57. The molecule has 2 rings (SSSR count). The summed E-state index contributed by atoms with van der Waals surface area (Å²) in [5.41, 5.74) is 1.82. The standard InChI is InChI=1S/C17H20ClNO3S/c1-3-22-17-7-5-4-6-14(17)10-11-19-23(20,21)15-9-8-13(2)16(18)12-15/h4-9,12,19H,3,10-11H2,1-2H3. The molecule has 23 heavy (non-hydrogen) atoms. The van der Waals surface area contributed by atoms with Crippen molar-refractivity contribution in [1.82, 2.24) is 4.72 Å². The highest BCUT2D eigenvalue weighted by Crippen LogP contribution is 2.21. The molecular formula is C17H20ClNO3S. The van der Waals surface area contributed by atoms with E-state index in [1.807, 2.05) is 38.1 Å². The number of para-hydroxylation sites is 1.